The van der Waals surface area contributed by atoms with Crippen LogP contribution in [0.4, 0.5) is 9.59 Å². The number of rotatable bonds is 16. The summed E-state index contributed by atoms with van der Waals surface area (Å²) >= 11 is 0. The van der Waals surface area contributed by atoms with E-state index in [1.165, 1.54) is 0 Å². The van der Waals surface area contributed by atoms with Crippen LogP contribution in [-0.2, 0) is 40.3 Å². The van der Waals surface area contributed by atoms with Gasteiger partial charge in [-0.1, -0.05) is 86.6 Å². The van der Waals surface area contributed by atoms with Gasteiger partial charge < -0.3 is 35.6 Å². The Morgan fingerprint density at radius 2 is 1.20 bits per heavy atom. The van der Waals surface area contributed by atoms with Crippen LogP contribution in [0.5, 0.6) is 0 Å². The molecule has 12 nitrogen and oxygen atoms in total. The molecule has 2 heterocycles. The summed E-state index contributed by atoms with van der Waals surface area (Å²) in [5, 5.41) is 31.5. The van der Waals surface area contributed by atoms with Crippen molar-refractivity contribution in [2.75, 3.05) is 0 Å². The number of hydrogen-bond acceptors (Lipinski definition) is 9. The van der Waals surface area contributed by atoms with E-state index in [1.807, 2.05) is 60.7 Å². The average Bonchev–Trinajstić information content (AvgIpc) is 3.12. The Kier molecular flexibility index (Phi) is 14.1. The normalized spacial score (nSPS) is 14.1. The molecule has 0 spiro atoms. The number of benzene rings is 2. The molecule has 0 aliphatic rings. The number of aliphatic hydroxyl groups excluding tert-OH is 2. The Labute approximate surface area is 285 Å². The highest BCUT2D eigenvalue weighted by Gasteiger charge is 2.36. The van der Waals surface area contributed by atoms with Crippen LogP contribution < -0.4 is 16.0 Å². The largest absolute Gasteiger partial charge is 0.445 e. The summed E-state index contributed by atoms with van der Waals surface area (Å²) in [5.41, 5.74) is 2.80. The van der Waals surface area contributed by atoms with E-state index in [0.717, 1.165) is 11.1 Å². The zero-order valence-corrected chi connectivity index (χ0v) is 27.5. The highest BCUT2D eigenvalue weighted by molar-refractivity contribution is 5.86. The van der Waals surface area contributed by atoms with Gasteiger partial charge in [0.05, 0.1) is 17.8 Å². The van der Waals surface area contributed by atoms with Gasteiger partial charge in [-0.3, -0.25) is 14.8 Å². The lowest BCUT2D eigenvalue weighted by molar-refractivity contribution is -0.126. The van der Waals surface area contributed by atoms with E-state index in [2.05, 4.69) is 25.9 Å². The molecule has 3 amide bonds. The smallest absolute Gasteiger partial charge is 0.408 e. The number of pyridine rings is 2. The number of amides is 3. The van der Waals surface area contributed by atoms with Gasteiger partial charge in [-0.25, -0.2) is 9.59 Å². The molecular weight excluding hydrogens is 626 g/mol. The number of hydrogen-bond donors (Lipinski definition) is 5. The Morgan fingerprint density at radius 1 is 0.653 bits per heavy atom. The SMILES string of the molecule is CC(C)[C@H](NC(=O)OCc1ccccn1)C(=O)N[C@@H](Cc1ccccc1)[C@@H](O)[C@@H](O)[C@H](Cc1ccccc1)NC(=O)OCc1cccnc1. The van der Waals surface area contributed by atoms with Crippen molar-refractivity contribution >= 4 is 18.1 Å². The van der Waals surface area contributed by atoms with Crippen LogP contribution in [0.1, 0.15) is 36.2 Å². The van der Waals surface area contributed by atoms with E-state index >= 15 is 0 Å². The number of nitrogens with zero attached hydrogens (tertiary/aromatic N) is 2. The molecule has 12 heteroatoms. The van der Waals surface area contributed by atoms with E-state index < -0.39 is 48.4 Å². The van der Waals surface area contributed by atoms with Gasteiger partial charge in [0.1, 0.15) is 31.5 Å². The van der Waals surface area contributed by atoms with Gasteiger partial charge in [-0.05, 0) is 48.1 Å². The Morgan fingerprint density at radius 3 is 1.76 bits per heavy atom. The topological polar surface area (TPSA) is 172 Å². The molecule has 4 aromatic rings. The van der Waals surface area contributed by atoms with Crippen LogP contribution in [-0.4, -0.2) is 68.6 Å². The lowest BCUT2D eigenvalue weighted by Crippen LogP contribution is -2.60. The van der Waals surface area contributed by atoms with Crippen LogP contribution in [0.15, 0.2) is 110 Å². The molecule has 0 bridgehead atoms. The summed E-state index contributed by atoms with van der Waals surface area (Å²) in [5.74, 6) is -0.940. The highest BCUT2D eigenvalue weighted by atomic mass is 16.6. The molecule has 49 heavy (non-hydrogen) atoms. The standard InChI is InChI=1S/C37H43N5O7/c1-25(2)32(42-37(47)49-24-29-17-9-10-19-39-29)35(45)40-30(20-26-12-5-3-6-13-26)33(43)34(44)31(21-27-14-7-4-8-15-27)41-36(46)48-23-28-16-11-18-38-22-28/h3-19,22,25,30-34,43-44H,20-21,23-24H2,1-2H3,(H,40,45)(H,41,46)(H,42,47)/t30-,31-,32-,33+,34-/m0/s1. The van der Waals surface area contributed by atoms with Gasteiger partial charge >= 0.3 is 12.2 Å². The van der Waals surface area contributed by atoms with E-state index in [9.17, 15) is 24.6 Å². The molecule has 5 atom stereocenters. The minimum atomic E-state index is -1.56. The molecule has 0 unspecified atom stereocenters. The van der Waals surface area contributed by atoms with Crippen molar-refractivity contribution in [3.05, 3.63) is 132 Å². The summed E-state index contributed by atoms with van der Waals surface area (Å²) < 4.78 is 10.7. The molecular formula is C37H43N5O7. The average molecular weight is 670 g/mol. The summed E-state index contributed by atoms with van der Waals surface area (Å²) in [4.78, 5) is 47.4. The van der Waals surface area contributed by atoms with Gasteiger partial charge in [0.2, 0.25) is 5.91 Å². The maximum Gasteiger partial charge on any atom is 0.408 e. The lowest BCUT2D eigenvalue weighted by atomic mass is 9.90. The third-order valence-corrected chi connectivity index (χ3v) is 7.79. The first kappa shape index (κ1) is 36.5. The van der Waals surface area contributed by atoms with Crippen molar-refractivity contribution in [1.82, 2.24) is 25.9 Å². The molecule has 0 aliphatic heterocycles. The van der Waals surface area contributed by atoms with Crippen LogP contribution in [0.25, 0.3) is 0 Å². The molecule has 0 radical (unpaired) electrons. The molecule has 2 aromatic carbocycles. The monoisotopic (exact) mass is 669 g/mol. The third-order valence-electron chi connectivity index (χ3n) is 7.79. The van der Waals surface area contributed by atoms with Crippen molar-refractivity contribution in [2.24, 2.45) is 5.92 Å². The Balaban J connectivity index is 1.50. The molecule has 4 rings (SSSR count). The van der Waals surface area contributed by atoms with E-state index in [1.54, 1.807) is 62.8 Å². The first-order chi connectivity index (χ1) is 23.7. The second kappa shape index (κ2) is 18.9. The lowest BCUT2D eigenvalue weighted by Gasteiger charge is -2.34. The second-order valence-electron chi connectivity index (χ2n) is 11.9. The maximum atomic E-state index is 13.7. The minimum Gasteiger partial charge on any atom is -0.445 e. The minimum absolute atomic E-state index is 0.0447. The van der Waals surface area contributed by atoms with E-state index in [-0.39, 0.29) is 32.0 Å². The number of aliphatic hydroxyl groups is 2. The third kappa shape index (κ3) is 12.0. The number of aromatic nitrogens is 2. The van der Waals surface area contributed by atoms with Crippen molar-refractivity contribution in [2.45, 2.75) is 70.2 Å². The fraction of sp³-hybridized carbons (Fsp3) is 0.324. The number of nitrogens with one attached hydrogen (secondary N) is 3. The summed E-state index contributed by atoms with van der Waals surface area (Å²) in [6.45, 7) is 3.40. The van der Waals surface area contributed by atoms with Gasteiger partial charge in [0, 0.05) is 24.2 Å². The van der Waals surface area contributed by atoms with Crippen LogP contribution in [0, 0.1) is 5.92 Å². The van der Waals surface area contributed by atoms with Crippen molar-refractivity contribution in [1.29, 1.82) is 0 Å². The second-order valence-corrected chi connectivity index (χ2v) is 11.9. The summed E-state index contributed by atoms with van der Waals surface area (Å²) in [7, 11) is 0. The molecule has 258 valence electrons. The Hall–Kier alpha value is -5.33. The molecule has 5 N–H and O–H groups in total. The predicted molar refractivity (Wildman–Crippen MR) is 182 cm³/mol. The molecule has 0 saturated heterocycles. The predicted octanol–water partition coefficient (Wildman–Crippen LogP) is 3.71. The zero-order chi connectivity index (χ0) is 35.0. The fourth-order valence-corrected chi connectivity index (χ4v) is 5.15. The zero-order valence-electron chi connectivity index (χ0n) is 27.5. The number of alkyl carbamates (subject to hydrolysis) is 2. The fourth-order valence-electron chi connectivity index (χ4n) is 5.15. The summed E-state index contributed by atoms with van der Waals surface area (Å²) in [6, 6.07) is 24.0. The molecule has 2 aromatic heterocycles. The van der Waals surface area contributed by atoms with Gasteiger partial charge in [0.15, 0.2) is 0 Å². The first-order valence-electron chi connectivity index (χ1n) is 16.1. The number of carbonyl (C=O) groups excluding carboxylic acids is 3. The van der Waals surface area contributed by atoms with Gasteiger partial charge in [-0.15, -0.1) is 0 Å². The van der Waals surface area contributed by atoms with Crippen LogP contribution in [0.2, 0.25) is 0 Å². The first-order valence-corrected chi connectivity index (χ1v) is 16.1. The molecule has 0 fully saturated rings. The van der Waals surface area contributed by atoms with E-state index in [0.29, 0.717) is 11.3 Å². The van der Waals surface area contributed by atoms with Crippen molar-refractivity contribution in [3.8, 4) is 0 Å². The van der Waals surface area contributed by atoms with E-state index in [4.69, 9.17) is 9.47 Å². The highest BCUT2D eigenvalue weighted by Crippen LogP contribution is 2.16. The van der Waals surface area contributed by atoms with Crippen LogP contribution in [0.3, 0.4) is 0 Å². The number of carbonyl (C=O) groups is 3. The van der Waals surface area contributed by atoms with Gasteiger partial charge in [0.25, 0.3) is 0 Å². The molecule has 0 saturated carbocycles. The quantitative estimate of drug-likeness (QED) is 0.119. The summed E-state index contributed by atoms with van der Waals surface area (Å²) in [6.07, 6.45) is 0.354. The van der Waals surface area contributed by atoms with Crippen LogP contribution >= 0.6 is 0 Å². The maximum absolute atomic E-state index is 13.7. The molecule has 0 aliphatic carbocycles. The number of ether oxygens (including phenoxy) is 2. The van der Waals surface area contributed by atoms with Crippen molar-refractivity contribution < 1.29 is 34.1 Å². The Bertz CT molecular complexity index is 1580. The van der Waals surface area contributed by atoms with Gasteiger partial charge in [-0.2, -0.15) is 0 Å². The van der Waals surface area contributed by atoms with Crippen molar-refractivity contribution in [3.63, 3.8) is 0 Å².